The highest BCUT2D eigenvalue weighted by atomic mass is 16.2. The van der Waals surface area contributed by atoms with Crippen LogP contribution in [-0.4, -0.2) is 34.9 Å². The summed E-state index contributed by atoms with van der Waals surface area (Å²) in [5.41, 5.74) is 0.537. The van der Waals surface area contributed by atoms with Crippen molar-refractivity contribution in [2.75, 3.05) is 18.4 Å². The molecule has 4 nitrogen and oxygen atoms in total. The molecule has 1 unspecified atom stereocenters. The number of carbonyl (C=O) groups excluding carboxylic acids is 1. The summed E-state index contributed by atoms with van der Waals surface area (Å²) < 4.78 is 0. The summed E-state index contributed by atoms with van der Waals surface area (Å²) in [4.78, 5) is 18.5. The van der Waals surface area contributed by atoms with Crippen molar-refractivity contribution in [3.8, 4) is 0 Å². The second-order valence-electron chi connectivity index (χ2n) is 5.35. The first-order chi connectivity index (χ1) is 8.56. The molecular weight excluding hydrogens is 226 g/mol. The van der Waals surface area contributed by atoms with Gasteiger partial charge in [-0.3, -0.25) is 4.79 Å². The average Bonchev–Trinajstić information content (AvgIpc) is 2.74. The Labute approximate surface area is 108 Å². The molecule has 4 heteroatoms. The number of nitrogens with one attached hydrogen (secondary N) is 1. The van der Waals surface area contributed by atoms with Gasteiger partial charge in [-0.15, -0.1) is 0 Å². The first kappa shape index (κ1) is 12.9. The average molecular weight is 247 g/mol. The number of amides is 1. The molecule has 1 N–H and O–H groups in total. The summed E-state index contributed by atoms with van der Waals surface area (Å²) in [7, 11) is 0. The van der Waals surface area contributed by atoms with Gasteiger partial charge in [-0.1, -0.05) is 13.0 Å². The predicted molar refractivity (Wildman–Crippen MR) is 72.7 cm³/mol. The van der Waals surface area contributed by atoms with Crippen molar-refractivity contribution in [1.29, 1.82) is 0 Å². The molecule has 1 aliphatic rings. The number of nitrogens with zero attached hydrogens (tertiary/aromatic N) is 2. The summed E-state index contributed by atoms with van der Waals surface area (Å²) >= 11 is 0. The van der Waals surface area contributed by atoms with Crippen LogP contribution in [0.5, 0.6) is 0 Å². The van der Waals surface area contributed by atoms with E-state index in [0.717, 1.165) is 25.3 Å². The quantitative estimate of drug-likeness (QED) is 0.892. The minimum Gasteiger partial charge on any atom is -0.368 e. The smallest absolute Gasteiger partial charge is 0.272 e. The van der Waals surface area contributed by atoms with Gasteiger partial charge in [0, 0.05) is 19.1 Å². The Kier molecular flexibility index (Phi) is 3.84. The molecule has 0 aromatic carbocycles. The Morgan fingerprint density at radius 1 is 1.50 bits per heavy atom. The van der Waals surface area contributed by atoms with Gasteiger partial charge in [0.25, 0.3) is 5.91 Å². The Hall–Kier alpha value is -1.58. The van der Waals surface area contributed by atoms with E-state index in [1.165, 1.54) is 0 Å². The number of rotatable bonds is 3. The van der Waals surface area contributed by atoms with Crippen LogP contribution in [0.3, 0.4) is 0 Å². The number of anilines is 1. The first-order valence-corrected chi connectivity index (χ1v) is 6.59. The van der Waals surface area contributed by atoms with E-state index in [4.69, 9.17) is 0 Å². The second-order valence-corrected chi connectivity index (χ2v) is 5.35. The lowest BCUT2D eigenvalue weighted by molar-refractivity contribution is 0.0782. The number of aromatic nitrogens is 1. The van der Waals surface area contributed by atoms with Crippen LogP contribution in [0.1, 0.15) is 37.7 Å². The normalized spacial score (nSPS) is 19.3. The van der Waals surface area contributed by atoms with Gasteiger partial charge in [-0.05, 0) is 38.3 Å². The van der Waals surface area contributed by atoms with Gasteiger partial charge in [0.2, 0.25) is 0 Å². The highest BCUT2D eigenvalue weighted by molar-refractivity contribution is 5.92. The van der Waals surface area contributed by atoms with E-state index < -0.39 is 0 Å². The van der Waals surface area contributed by atoms with Gasteiger partial charge in [-0.25, -0.2) is 4.98 Å². The van der Waals surface area contributed by atoms with Gasteiger partial charge < -0.3 is 10.2 Å². The Balaban J connectivity index is 2.10. The van der Waals surface area contributed by atoms with Gasteiger partial charge in [0.1, 0.15) is 11.5 Å². The van der Waals surface area contributed by atoms with E-state index in [9.17, 15) is 4.79 Å². The summed E-state index contributed by atoms with van der Waals surface area (Å²) in [5, 5.41) is 3.22. The highest BCUT2D eigenvalue weighted by Crippen LogP contribution is 2.18. The number of hydrogen-bond donors (Lipinski definition) is 1. The van der Waals surface area contributed by atoms with Crippen LogP contribution >= 0.6 is 0 Å². The molecule has 0 radical (unpaired) electrons. The molecule has 0 bridgehead atoms. The highest BCUT2D eigenvalue weighted by Gasteiger charge is 2.24. The summed E-state index contributed by atoms with van der Waals surface area (Å²) in [5.74, 6) is 1.42. The van der Waals surface area contributed by atoms with Crippen molar-refractivity contribution in [2.24, 2.45) is 5.92 Å². The zero-order valence-corrected chi connectivity index (χ0v) is 11.3. The maximum atomic E-state index is 12.3. The van der Waals surface area contributed by atoms with E-state index in [-0.39, 0.29) is 5.91 Å². The molecule has 1 aromatic rings. The third-order valence-corrected chi connectivity index (χ3v) is 3.12. The summed E-state index contributed by atoms with van der Waals surface area (Å²) in [6.07, 6.45) is 1.09. The molecule has 1 aromatic heterocycles. The molecular formula is C14H21N3O. The molecule has 1 fully saturated rings. The lowest BCUT2D eigenvalue weighted by Gasteiger charge is -2.16. The van der Waals surface area contributed by atoms with Crippen LogP contribution in [0.4, 0.5) is 5.82 Å². The van der Waals surface area contributed by atoms with Gasteiger partial charge in [0.05, 0.1) is 0 Å². The molecule has 0 spiro atoms. The lowest BCUT2D eigenvalue weighted by atomic mass is 10.2. The van der Waals surface area contributed by atoms with E-state index in [0.29, 0.717) is 17.7 Å². The van der Waals surface area contributed by atoms with Crippen LogP contribution in [0.25, 0.3) is 0 Å². The van der Waals surface area contributed by atoms with Crippen LogP contribution < -0.4 is 5.32 Å². The number of pyridine rings is 1. The fourth-order valence-corrected chi connectivity index (χ4v) is 2.21. The van der Waals surface area contributed by atoms with E-state index in [1.54, 1.807) is 6.07 Å². The Bertz CT molecular complexity index is 431. The topological polar surface area (TPSA) is 45.2 Å². The maximum absolute atomic E-state index is 12.3. The largest absolute Gasteiger partial charge is 0.368 e. The first-order valence-electron chi connectivity index (χ1n) is 6.59. The summed E-state index contributed by atoms with van der Waals surface area (Å²) in [6.45, 7) is 7.99. The van der Waals surface area contributed by atoms with Crippen LogP contribution in [0, 0.1) is 5.92 Å². The lowest BCUT2D eigenvalue weighted by Crippen LogP contribution is -2.29. The predicted octanol–water partition coefficient (Wildman–Crippen LogP) is 2.38. The molecule has 1 saturated heterocycles. The van der Waals surface area contributed by atoms with Crippen molar-refractivity contribution in [3.05, 3.63) is 23.9 Å². The summed E-state index contributed by atoms with van der Waals surface area (Å²) in [6, 6.07) is 5.87. The zero-order valence-electron chi connectivity index (χ0n) is 11.3. The maximum Gasteiger partial charge on any atom is 0.272 e. The van der Waals surface area contributed by atoms with E-state index in [1.807, 2.05) is 17.0 Å². The number of likely N-dealkylation sites (tertiary alicyclic amines) is 1. The number of carbonyl (C=O) groups is 1. The molecule has 98 valence electrons. The second kappa shape index (κ2) is 5.38. The van der Waals surface area contributed by atoms with Crippen molar-refractivity contribution in [3.63, 3.8) is 0 Å². The third-order valence-electron chi connectivity index (χ3n) is 3.12. The molecule has 1 amide bonds. The Morgan fingerprint density at radius 2 is 2.28 bits per heavy atom. The van der Waals surface area contributed by atoms with Crippen molar-refractivity contribution in [1.82, 2.24) is 9.88 Å². The molecule has 1 aliphatic heterocycles. The third kappa shape index (κ3) is 3.00. The molecule has 1 atom stereocenters. The molecule has 0 saturated carbocycles. The van der Waals surface area contributed by atoms with Gasteiger partial charge in [0.15, 0.2) is 0 Å². The van der Waals surface area contributed by atoms with Crippen LogP contribution in [0.2, 0.25) is 0 Å². The van der Waals surface area contributed by atoms with E-state index in [2.05, 4.69) is 31.1 Å². The molecule has 2 rings (SSSR count). The van der Waals surface area contributed by atoms with Crippen molar-refractivity contribution < 1.29 is 4.79 Å². The molecule has 2 heterocycles. The minimum absolute atomic E-state index is 0.0479. The molecule has 0 aliphatic carbocycles. The fourth-order valence-electron chi connectivity index (χ4n) is 2.21. The van der Waals surface area contributed by atoms with Crippen molar-refractivity contribution >= 4 is 11.7 Å². The zero-order chi connectivity index (χ0) is 13.1. The van der Waals surface area contributed by atoms with Crippen LogP contribution in [0.15, 0.2) is 18.2 Å². The van der Waals surface area contributed by atoms with Gasteiger partial charge >= 0.3 is 0 Å². The van der Waals surface area contributed by atoms with Crippen LogP contribution in [-0.2, 0) is 0 Å². The van der Waals surface area contributed by atoms with Gasteiger partial charge in [-0.2, -0.15) is 0 Å². The van der Waals surface area contributed by atoms with Crippen molar-refractivity contribution in [2.45, 2.75) is 33.2 Å². The number of hydrogen-bond acceptors (Lipinski definition) is 3. The minimum atomic E-state index is 0.0479. The monoisotopic (exact) mass is 247 g/mol. The Morgan fingerprint density at radius 3 is 2.89 bits per heavy atom. The standard InChI is InChI=1S/C14H21N3O/c1-10(2)15-13-6-4-5-12(16-13)14(18)17-8-7-11(3)9-17/h4-6,10-11H,7-9H2,1-3H3,(H,15,16). The SMILES string of the molecule is CC1CCN(C(=O)c2cccc(NC(C)C)n2)C1. The van der Waals surface area contributed by atoms with E-state index >= 15 is 0 Å². The fraction of sp³-hybridized carbons (Fsp3) is 0.571. The molecule has 18 heavy (non-hydrogen) atoms.